The predicted molar refractivity (Wildman–Crippen MR) is 97.1 cm³/mol. The largest absolute Gasteiger partial charge is 0.492 e. The number of pyridine rings is 1. The molecule has 1 aliphatic rings. The van der Waals surface area contributed by atoms with Crippen molar-refractivity contribution in [2.45, 2.75) is 12.8 Å². The van der Waals surface area contributed by atoms with Crippen molar-refractivity contribution in [3.05, 3.63) is 42.7 Å². The van der Waals surface area contributed by atoms with E-state index in [0.717, 1.165) is 46.7 Å². The van der Waals surface area contributed by atoms with Gasteiger partial charge in [0.2, 0.25) is 0 Å². The third-order valence-electron chi connectivity index (χ3n) is 4.61. The Morgan fingerprint density at radius 3 is 2.92 bits per heavy atom. The van der Waals surface area contributed by atoms with E-state index in [1.807, 2.05) is 18.3 Å². The van der Waals surface area contributed by atoms with E-state index in [4.69, 9.17) is 10.5 Å². The summed E-state index contributed by atoms with van der Waals surface area (Å²) in [6, 6.07) is 10.2. The Labute approximate surface area is 141 Å². The maximum atomic E-state index is 5.98. The van der Waals surface area contributed by atoms with Gasteiger partial charge < -0.3 is 15.5 Å². The van der Waals surface area contributed by atoms with Gasteiger partial charge in [0.15, 0.2) is 0 Å². The monoisotopic (exact) mass is 322 g/mol. The molecule has 1 aromatic carbocycles. The number of hydrogen-bond acceptors (Lipinski definition) is 4. The number of benzene rings is 1. The minimum Gasteiger partial charge on any atom is -0.492 e. The van der Waals surface area contributed by atoms with E-state index in [1.165, 1.54) is 25.9 Å². The van der Waals surface area contributed by atoms with Crippen molar-refractivity contribution in [1.82, 2.24) is 14.9 Å². The van der Waals surface area contributed by atoms with Crippen LogP contribution in [0.3, 0.4) is 0 Å². The molecule has 0 bridgehead atoms. The molecular weight excluding hydrogens is 300 g/mol. The molecule has 0 spiro atoms. The van der Waals surface area contributed by atoms with Gasteiger partial charge in [0.1, 0.15) is 18.0 Å². The van der Waals surface area contributed by atoms with Gasteiger partial charge in [0, 0.05) is 29.9 Å². The van der Waals surface area contributed by atoms with Crippen molar-refractivity contribution in [1.29, 1.82) is 0 Å². The predicted octanol–water partition coefficient (Wildman–Crippen LogP) is 3.29. The van der Waals surface area contributed by atoms with Gasteiger partial charge in [0.05, 0.1) is 5.69 Å². The summed E-state index contributed by atoms with van der Waals surface area (Å²) in [5.41, 5.74) is 9.64. The lowest BCUT2D eigenvalue weighted by molar-refractivity contribution is 0.238. The van der Waals surface area contributed by atoms with Crippen LogP contribution in [0.25, 0.3) is 22.2 Å². The van der Waals surface area contributed by atoms with E-state index in [2.05, 4.69) is 33.1 Å². The highest BCUT2D eigenvalue weighted by Gasteiger charge is 2.11. The number of nitrogens with one attached hydrogen (secondary N) is 1. The number of aromatic nitrogens is 2. The molecule has 0 atom stereocenters. The Bertz CT molecular complexity index is 836. The smallest absolute Gasteiger partial charge is 0.139 e. The third kappa shape index (κ3) is 3.08. The van der Waals surface area contributed by atoms with E-state index >= 15 is 0 Å². The molecule has 4 rings (SSSR count). The zero-order chi connectivity index (χ0) is 16.4. The first-order chi connectivity index (χ1) is 11.8. The molecule has 1 aliphatic heterocycles. The number of ether oxygens (including phenoxy) is 1. The van der Waals surface area contributed by atoms with Crippen molar-refractivity contribution in [3.8, 4) is 16.9 Å². The van der Waals surface area contributed by atoms with Gasteiger partial charge in [-0.25, -0.2) is 4.98 Å². The Hall–Kier alpha value is -2.53. The normalized spacial score (nSPS) is 15.2. The van der Waals surface area contributed by atoms with Crippen molar-refractivity contribution < 1.29 is 4.74 Å². The van der Waals surface area contributed by atoms with E-state index < -0.39 is 0 Å². The molecule has 3 heterocycles. The highest BCUT2D eigenvalue weighted by molar-refractivity contribution is 5.91. The number of aromatic amines is 1. The van der Waals surface area contributed by atoms with Gasteiger partial charge in [-0.05, 0) is 49.7 Å². The first-order valence-corrected chi connectivity index (χ1v) is 8.48. The molecule has 0 aliphatic carbocycles. The summed E-state index contributed by atoms with van der Waals surface area (Å²) in [6.45, 7) is 4.13. The summed E-state index contributed by atoms with van der Waals surface area (Å²) < 4.78 is 5.93. The Balaban J connectivity index is 1.49. The van der Waals surface area contributed by atoms with Crippen molar-refractivity contribution in [2.24, 2.45) is 0 Å². The number of hydrogen-bond donors (Lipinski definition) is 2. The molecule has 1 saturated heterocycles. The molecule has 0 unspecified atom stereocenters. The summed E-state index contributed by atoms with van der Waals surface area (Å²) in [4.78, 5) is 9.96. The van der Waals surface area contributed by atoms with Crippen LogP contribution in [0.1, 0.15) is 12.8 Å². The number of H-pyrrole nitrogens is 1. The highest BCUT2D eigenvalue weighted by atomic mass is 16.5. The van der Waals surface area contributed by atoms with Crippen LogP contribution in [0.15, 0.2) is 42.7 Å². The second kappa shape index (κ2) is 6.53. The summed E-state index contributed by atoms with van der Waals surface area (Å²) in [6.07, 6.45) is 6.27. The van der Waals surface area contributed by atoms with Gasteiger partial charge in [-0.2, -0.15) is 0 Å². The van der Waals surface area contributed by atoms with Crippen LogP contribution in [0, 0.1) is 0 Å². The number of likely N-dealkylation sites (tertiary alicyclic amines) is 1. The number of nitrogens with zero attached hydrogens (tertiary/aromatic N) is 2. The van der Waals surface area contributed by atoms with Gasteiger partial charge in [-0.1, -0.05) is 12.1 Å². The van der Waals surface area contributed by atoms with Crippen molar-refractivity contribution >= 4 is 16.7 Å². The fourth-order valence-corrected chi connectivity index (χ4v) is 3.25. The fourth-order valence-electron chi connectivity index (χ4n) is 3.25. The van der Waals surface area contributed by atoms with Crippen LogP contribution in [0.5, 0.6) is 5.75 Å². The molecule has 3 N–H and O–H groups in total. The Morgan fingerprint density at radius 1 is 1.17 bits per heavy atom. The van der Waals surface area contributed by atoms with Gasteiger partial charge in [-0.3, -0.25) is 4.90 Å². The average Bonchev–Trinajstić information content (AvgIpc) is 3.25. The summed E-state index contributed by atoms with van der Waals surface area (Å²) in [5.74, 6) is 0.897. The van der Waals surface area contributed by atoms with E-state index in [0.29, 0.717) is 0 Å². The molecule has 124 valence electrons. The molecule has 2 aromatic heterocycles. The van der Waals surface area contributed by atoms with Crippen LogP contribution < -0.4 is 10.5 Å². The number of rotatable bonds is 5. The molecule has 0 radical (unpaired) electrons. The number of nitrogens with two attached hydrogens (primary N) is 1. The maximum Gasteiger partial charge on any atom is 0.139 e. The van der Waals surface area contributed by atoms with Crippen LogP contribution in [0.4, 0.5) is 5.69 Å². The zero-order valence-corrected chi connectivity index (χ0v) is 13.7. The second-order valence-electron chi connectivity index (χ2n) is 6.29. The minimum absolute atomic E-state index is 0.720. The summed E-state index contributed by atoms with van der Waals surface area (Å²) >= 11 is 0. The Morgan fingerprint density at radius 2 is 2.04 bits per heavy atom. The minimum atomic E-state index is 0.720. The summed E-state index contributed by atoms with van der Waals surface area (Å²) in [5, 5.41) is 0.952. The molecule has 0 saturated carbocycles. The second-order valence-corrected chi connectivity index (χ2v) is 6.29. The van der Waals surface area contributed by atoms with Crippen molar-refractivity contribution in [3.63, 3.8) is 0 Å². The molecule has 1 fully saturated rings. The summed E-state index contributed by atoms with van der Waals surface area (Å²) in [7, 11) is 0. The average molecular weight is 322 g/mol. The molecule has 24 heavy (non-hydrogen) atoms. The molecule has 5 heteroatoms. The lowest BCUT2D eigenvalue weighted by Crippen LogP contribution is -2.25. The van der Waals surface area contributed by atoms with E-state index in [-0.39, 0.29) is 0 Å². The molecule has 3 aromatic rings. The zero-order valence-electron chi connectivity index (χ0n) is 13.7. The maximum absolute atomic E-state index is 5.98. The lowest BCUT2D eigenvalue weighted by Gasteiger charge is -2.15. The molecular formula is C19H22N4O. The Kier molecular flexibility index (Phi) is 4.09. The number of fused-ring (bicyclic) bond motifs is 1. The van der Waals surface area contributed by atoms with Gasteiger partial charge in [-0.15, -0.1) is 0 Å². The fraction of sp³-hybridized carbons (Fsp3) is 0.316. The third-order valence-corrected chi connectivity index (χ3v) is 4.61. The first kappa shape index (κ1) is 15.0. The van der Waals surface area contributed by atoms with Gasteiger partial charge >= 0.3 is 0 Å². The topological polar surface area (TPSA) is 67.2 Å². The SMILES string of the molecule is Nc1c[nH]c2ncc(-c3cccc(OCCN4CCCC4)c3)cc12. The quantitative estimate of drug-likeness (QED) is 0.756. The number of nitrogen functional groups attached to an aromatic ring is 1. The molecule has 5 nitrogen and oxygen atoms in total. The first-order valence-electron chi connectivity index (χ1n) is 8.48. The molecule has 0 amide bonds. The van der Waals surface area contributed by atoms with Crippen LogP contribution in [-0.2, 0) is 0 Å². The van der Waals surface area contributed by atoms with Crippen LogP contribution in [-0.4, -0.2) is 41.1 Å². The van der Waals surface area contributed by atoms with Crippen molar-refractivity contribution in [2.75, 3.05) is 32.0 Å². The van der Waals surface area contributed by atoms with Crippen LogP contribution in [0.2, 0.25) is 0 Å². The lowest BCUT2D eigenvalue weighted by atomic mass is 10.1. The number of anilines is 1. The van der Waals surface area contributed by atoms with E-state index in [9.17, 15) is 0 Å². The standard InChI is InChI=1S/C19H22N4O/c20-18-13-22-19-17(18)11-15(12-21-19)14-4-3-5-16(10-14)24-9-8-23-6-1-2-7-23/h3-5,10-13H,1-2,6-9,20H2,(H,21,22). The highest BCUT2D eigenvalue weighted by Crippen LogP contribution is 2.28. The van der Waals surface area contributed by atoms with Crippen LogP contribution >= 0.6 is 0 Å². The van der Waals surface area contributed by atoms with E-state index in [1.54, 1.807) is 6.20 Å². The van der Waals surface area contributed by atoms with Gasteiger partial charge in [0.25, 0.3) is 0 Å².